The van der Waals surface area contributed by atoms with Crippen LogP contribution in [0.25, 0.3) is 0 Å². The second-order valence-corrected chi connectivity index (χ2v) is 12.4. The summed E-state index contributed by atoms with van der Waals surface area (Å²) in [7, 11) is 0. The van der Waals surface area contributed by atoms with E-state index in [9.17, 15) is 5.11 Å². The van der Waals surface area contributed by atoms with Crippen LogP contribution in [0, 0.1) is 40.4 Å². The summed E-state index contributed by atoms with van der Waals surface area (Å²) in [4.78, 5) is 0. The van der Waals surface area contributed by atoms with Crippen molar-refractivity contribution in [2.24, 2.45) is 40.4 Å². The van der Waals surface area contributed by atoms with Gasteiger partial charge >= 0.3 is 0 Å². The molecule has 0 aromatic carbocycles. The molecule has 0 aromatic rings. The van der Waals surface area contributed by atoms with Crippen LogP contribution in [0.2, 0.25) is 0 Å². The third-order valence-electron chi connectivity index (χ3n) is 10.7. The minimum absolute atomic E-state index is 0.0382. The first-order valence-electron chi connectivity index (χ1n) is 13.3. The smallest absolute Gasteiger partial charge is 0.0543 e. The van der Waals surface area contributed by atoms with E-state index in [4.69, 9.17) is 0 Å². The molecule has 2 fully saturated rings. The van der Waals surface area contributed by atoms with E-state index in [1.807, 2.05) is 11.1 Å². The predicted octanol–water partition coefficient (Wildman–Crippen LogP) is 8.09. The normalized spacial score (nSPS) is 42.7. The largest absolute Gasteiger partial charge is 0.393 e. The van der Waals surface area contributed by atoms with Gasteiger partial charge in [-0.25, -0.2) is 0 Å². The highest BCUT2D eigenvalue weighted by Gasteiger charge is 2.55. The fourth-order valence-electron chi connectivity index (χ4n) is 8.78. The van der Waals surface area contributed by atoms with Gasteiger partial charge < -0.3 is 5.11 Å². The molecule has 4 aliphatic carbocycles. The summed E-state index contributed by atoms with van der Waals surface area (Å²) in [5.74, 6) is 4.02. The van der Waals surface area contributed by atoms with Crippen LogP contribution in [0.5, 0.6) is 0 Å². The van der Waals surface area contributed by atoms with E-state index in [1.54, 1.807) is 5.57 Å². The van der Waals surface area contributed by atoms with E-state index in [2.05, 4.69) is 47.6 Å². The lowest BCUT2D eigenvalue weighted by molar-refractivity contribution is 0.0133. The van der Waals surface area contributed by atoms with Gasteiger partial charge in [0.05, 0.1) is 6.10 Å². The topological polar surface area (TPSA) is 20.2 Å². The molecule has 30 heavy (non-hydrogen) atoms. The van der Waals surface area contributed by atoms with Crippen molar-refractivity contribution in [3.63, 3.8) is 0 Å². The highest BCUT2D eigenvalue weighted by molar-refractivity contribution is 5.34. The molecule has 0 aliphatic heterocycles. The standard InChI is InChI=1S/C29H48O/c1-7-21(19(2)3)9-8-20(4)25-12-13-26-24-11-10-22-18-23(30)14-16-28(22,5)27(24)15-17-29(25,26)6/h7,19-20,22-23,25-26,30H,8-18H2,1-6H3/b21-7-/t20-,22+,23-,25-,26+,28+,29+/m1/s1. The van der Waals surface area contributed by atoms with E-state index in [1.165, 1.54) is 57.8 Å². The van der Waals surface area contributed by atoms with Gasteiger partial charge in [0, 0.05) is 0 Å². The van der Waals surface area contributed by atoms with E-state index >= 15 is 0 Å². The monoisotopic (exact) mass is 412 g/mol. The third-order valence-corrected chi connectivity index (χ3v) is 10.7. The van der Waals surface area contributed by atoms with Gasteiger partial charge in [0.15, 0.2) is 0 Å². The Bertz CT molecular complexity index is 699. The van der Waals surface area contributed by atoms with Crippen LogP contribution >= 0.6 is 0 Å². The number of hydrogen-bond acceptors (Lipinski definition) is 1. The number of aliphatic hydroxyl groups excluding tert-OH is 1. The molecule has 0 spiro atoms. The van der Waals surface area contributed by atoms with E-state index in [-0.39, 0.29) is 6.10 Å². The molecule has 0 amide bonds. The molecule has 7 atom stereocenters. The lowest BCUT2D eigenvalue weighted by Gasteiger charge is -2.55. The van der Waals surface area contributed by atoms with Crippen molar-refractivity contribution in [3.05, 3.63) is 22.8 Å². The van der Waals surface area contributed by atoms with Gasteiger partial charge in [0.25, 0.3) is 0 Å². The quantitative estimate of drug-likeness (QED) is 0.452. The molecular weight excluding hydrogens is 364 g/mol. The third kappa shape index (κ3) is 3.66. The van der Waals surface area contributed by atoms with Crippen molar-refractivity contribution in [1.29, 1.82) is 0 Å². The summed E-state index contributed by atoms with van der Waals surface area (Å²) in [6.45, 7) is 14.7. The zero-order valence-electron chi connectivity index (χ0n) is 20.8. The van der Waals surface area contributed by atoms with Crippen LogP contribution < -0.4 is 0 Å². The molecule has 170 valence electrons. The summed E-state index contributed by atoms with van der Waals surface area (Å²) in [5.41, 5.74) is 6.36. The molecule has 1 heteroatoms. The Hall–Kier alpha value is -0.560. The molecule has 0 saturated heterocycles. The highest BCUT2D eigenvalue weighted by Crippen LogP contribution is 2.66. The summed E-state index contributed by atoms with van der Waals surface area (Å²) >= 11 is 0. The maximum atomic E-state index is 10.3. The van der Waals surface area contributed by atoms with Crippen LogP contribution in [0.15, 0.2) is 22.8 Å². The summed E-state index contributed by atoms with van der Waals surface area (Å²) in [6.07, 6.45) is 16.6. The fraction of sp³-hybridized carbons (Fsp3) is 0.862. The maximum Gasteiger partial charge on any atom is 0.0543 e. The first-order chi connectivity index (χ1) is 14.2. The van der Waals surface area contributed by atoms with E-state index in [0.717, 1.165) is 36.5 Å². The van der Waals surface area contributed by atoms with Crippen molar-refractivity contribution in [3.8, 4) is 0 Å². The molecule has 1 N–H and O–H groups in total. The lowest BCUT2D eigenvalue weighted by atomic mass is 9.50. The Balaban J connectivity index is 1.52. The summed E-state index contributed by atoms with van der Waals surface area (Å²) < 4.78 is 0. The average Bonchev–Trinajstić information content (AvgIpc) is 3.06. The predicted molar refractivity (Wildman–Crippen MR) is 128 cm³/mol. The molecule has 0 bridgehead atoms. The zero-order chi connectivity index (χ0) is 21.7. The van der Waals surface area contributed by atoms with Gasteiger partial charge in [-0.1, -0.05) is 57.4 Å². The summed E-state index contributed by atoms with van der Waals surface area (Å²) in [5, 5.41) is 10.3. The van der Waals surface area contributed by atoms with Crippen LogP contribution in [0.4, 0.5) is 0 Å². The second kappa shape index (κ2) is 8.42. The molecule has 0 unspecified atom stereocenters. The fourth-order valence-corrected chi connectivity index (χ4v) is 8.78. The van der Waals surface area contributed by atoms with Crippen molar-refractivity contribution in [1.82, 2.24) is 0 Å². The van der Waals surface area contributed by atoms with Crippen LogP contribution in [-0.2, 0) is 0 Å². The maximum absolute atomic E-state index is 10.3. The Morgan fingerprint density at radius 1 is 1.07 bits per heavy atom. The van der Waals surface area contributed by atoms with Gasteiger partial charge in [-0.15, -0.1) is 0 Å². The highest BCUT2D eigenvalue weighted by atomic mass is 16.3. The van der Waals surface area contributed by atoms with Crippen molar-refractivity contribution < 1.29 is 5.11 Å². The minimum atomic E-state index is -0.0382. The Morgan fingerprint density at radius 3 is 2.53 bits per heavy atom. The van der Waals surface area contributed by atoms with Gasteiger partial charge in [-0.2, -0.15) is 0 Å². The molecule has 0 heterocycles. The van der Waals surface area contributed by atoms with Gasteiger partial charge in [-0.3, -0.25) is 0 Å². The molecule has 2 saturated carbocycles. The van der Waals surface area contributed by atoms with Crippen molar-refractivity contribution in [2.45, 2.75) is 118 Å². The number of allylic oxidation sites excluding steroid dienone is 4. The molecule has 0 radical (unpaired) electrons. The molecule has 4 rings (SSSR count). The van der Waals surface area contributed by atoms with E-state index < -0.39 is 0 Å². The molecule has 0 aromatic heterocycles. The van der Waals surface area contributed by atoms with E-state index in [0.29, 0.717) is 16.7 Å². The first-order valence-corrected chi connectivity index (χ1v) is 13.3. The Kier molecular flexibility index (Phi) is 6.35. The summed E-state index contributed by atoms with van der Waals surface area (Å²) in [6, 6.07) is 0. The minimum Gasteiger partial charge on any atom is -0.393 e. The van der Waals surface area contributed by atoms with Gasteiger partial charge in [-0.05, 0) is 118 Å². The second-order valence-electron chi connectivity index (χ2n) is 12.4. The lowest BCUT2D eigenvalue weighted by Crippen LogP contribution is -2.45. The molecule has 1 nitrogen and oxygen atoms in total. The van der Waals surface area contributed by atoms with Gasteiger partial charge in [0.1, 0.15) is 0 Å². The zero-order valence-corrected chi connectivity index (χ0v) is 20.8. The number of aliphatic hydroxyl groups is 1. The molecule has 4 aliphatic rings. The Labute approximate surface area is 186 Å². The average molecular weight is 413 g/mol. The number of rotatable bonds is 5. The van der Waals surface area contributed by atoms with Crippen LogP contribution in [0.3, 0.4) is 0 Å². The first kappa shape index (κ1) is 22.6. The van der Waals surface area contributed by atoms with Crippen molar-refractivity contribution in [2.75, 3.05) is 0 Å². The van der Waals surface area contributed by atoms with Crippen molar-refractivity contribution >= 4 is 0 Å². The Morgan fingerprint density at radius 2 is 1.83 bits per heavy atom. The van der Waals surface area contributed by atoms with Gasteiger partial charge in [0.2, 0.25) is 0 Å². The molecular formula is C29H48O. The number of hydrogen-bond donors (Lipinski definition) is 1. The SMILES string of the molecule is C/C=C(/CC[C@@H](C)[C@H]1CC[C@H]2C3=C(CC[C@@]12C)[C@@]1(C)CC[C@@H](O)C[C@@H]1CC3)C(C)C. The van der Waals surface area contributed by atoms with Crippen LogP contribution in [-0.4, -0.2) is 11.2 Å². The van der Waals surface area contributed by atoms with Crippen LogP contribution in [0.1, 0.15) is 112 Å². The number of fused-ring (bicyclic) bond motifs is 4.